The van der Waals surface area contributed by atoms with Crippen LogP contribution in [0.5, 0.6) is 5.75 Å². The van der Waals surface area contributed by atoms with E-state index in [1.54, 1.807) is 24.3 Å². The molecule has 0 bridgehead atoms. The van der Waals surface area contributed by atoms with Gasteiger partial charge in [0.1, 0.15) is 5.75 Å². The highest BCUT2D eigenvalue weighted by Gasteiger charge is 1.94. The normalized spacial score (nSPS) is 9.12. The maximum Gasteiger partial charge on any atom is 0.119 e. The Balaban J connectivity index is 2.13. The number of rotatable bonds is 7. The van der Waals surface area contributed by atoms with E-state index in [4.69, 9.17) is 15.5 Å². The van der Waals surface area contributed by atoms with E-state index in [0.29, 0.717) is 18.7 Å². The van der Waals surface area contributed by atoms with E-state index in [1.165, 1.54) is 0 Å². The SMILES string of the molecule is N#Cc1ccc(OCCCCCN=[N+]=[N-])cc1. The minimum atomic E-state index is 0.549. The van der Waals surface area contributed by atoms with Crippen molar-refractivity contribution < 1.29 is 4.74 Å². The lowest BCUT2D eigenvalue weighted by Crippen LogP contribution is -1.97. The number of benzene rings is 1. The third-order valence-electron chi connectivity index (χ3n) is 2.22. The number of unbranched alkanes of at least 4 members (excludes halogenated alkanes) is 2. The molecule has 0 aromatic heterocycles. The zero-order valence-corrected chi connectivity index (χ0v) is 9.54. The highest BCUT2D eigenvalue weighted by atomic mass is 16.5. The molecule has 0 aliphatic carbocycles. The van der Waals surface area contributed by atoms with Crippen molar-refractivity contribution in [3.8, 4) is 11.8 Å². The molecule has 17 heavy (non-hydrogen) atoms. The summed E-state index contributed by atoms with van der Waals surface area (Å²) in [6.45, 7) is 1.19. The van der Waals surface area contributed by atoms with Crippen molar-refractivity contribution in [3.05, 3.63) is 40.3 Å². The first kappa shape index (κ1) is 12.9. The number of hydrogen-bond donors (Lipinski definition) is 0. The van der Waals surface area contributed by atoms with Gasteiger partial charge in [-0.1, -0.05) is 5.11 Å². The molecule has 0 spiro atoms. The van der Waals surface area contributed by atoms with Crippen molar-refractivity contribution in [1.82, 2.24) is 0 Å². The molecule has 0 fully saturated rings. The Hall–Kier alpha value is -2.18. The predicted molar refractivity (Wildman–Crippen MR) is 64.5 cm³/mol. The maximum absolute atomic E-state index is 8.62. The number of nitrogens with zero attached hydrogens (tertiary/aromatic N) is 4. The summed E-state index contributed by atoms with van der Waals surface area (Å²) < 4.78 is 5.50. The summed E-state index contributed by atoms with van der Waals surface area (Å²) in [6.07, 6.45) is 2.80. The molecule has 0 N–H and O–H groups in total. The fourth-order valence-electron chi connectivity index (χ4n) is 1.32. The van der Waals surface area contributed by atoms with Crippen molar-refractivity contribution >= 4 is 0 Å². The molecule has 1 aromatic rings. The number of hydrogen-bond acceptors (Lipinski definition) is 3. The molecule has 88 valence electrons. The first-order valence-electron chi connectivity index (χ1n) is 5.50. The second kappa shape index (κ2) is 8.03. The zero-order chi connectivity index (χ0) is 12.3. The van der Waals surface area contributed by atoms with Crippen molar-refractivity contribution in [2.24, 2.45) is 5.11 Å². The second-order valence-corrected chi connectivity index (χ2v) is 3.50. The van der Waals surface area contributed by atoms with Gasteiger partial charge in [-0.3, -0.25) is 0 Å². The molecule has 0 amide bonds. The molecular formula is C12H14N4O. The van der Waals surface area contributed by atoms with Gasteiger partial charge in [0.05, 0.1) is 18.2 Å². The Labute approximate surface area is 100 Å². The summed E-state index contributed by atoms with van der Waals surface area (Å²) in [5.74, 6) is 0.777. The van der Waals surface area contributed by atoms with Gasteiger partial charge in [0.2, 0.25) is 0 Å². The van der Waals surface area contributed by atoms with E-state index < -0.39 is 0 Å². The Morgan fingerprint density at radius 1 is 1.24 bits per heavy atom. The molecule has 0 heterocycles. The van der Waals surface area contributed by atoms with Gasteiger partial charge in [0.25, 0.3) is 0 Å². The Morgan fingerprint density at radius 3 is 2.65 bits per heavy atom. The average molecular weight is 230 g/mol. The van der Waals surface area contributed by atoms with Crippen LogP contribution in [0.15, 0.2) is 29.4 Å². The molecule has 0 saturated heterocycles. The van der Waals surface area contributed by atoms with Crippen LogP contribution in [-0.2, 0) is 0 Å². The quantitative estimate of drug-likeness (QED) is 0.311. The van der Waals surface area contributed by atoms with E-state index in [0.717, 1.165) is 25.0 Å². The molecule has 1 rings (SSSR count). The van der Waals surface area contributed by atoms with Gasteiger partial charge in [-0.05, 0) is 49.1 Å². The maximum atomic E-state index is 8.62. The highest BCUT2D eigenvalue weighted by molar-refractivity contribution is 5.34. The lowest BCUT2D eigenvalue weighted by molar-refractivity contribution is 0.305. The molecule has 5 nitrogen and oxygen atoms in total. The molecule has 1 aromatic carbocycles. The van der Waals surface area contributed by atoms with Crippen LogP contribution < -0.4 is 4.74 Å². The number of azide groups is 1. The molecule has 0 aliphatic rings. The standard InChI is InChI=1S/C12H14N4O/c13-10-11-4-6-12(7-5-11)17-9-3-1-2-8-15-16-14/h4-7H,1-3,8-9H2. The number of nitriles is 1. The van der Waals surface area contributed by atoms with Crippen molar-refractivity contribution in [1.29, 1.82) is 5.26 Å². The van der Waals surface area contributed by atoms with Crippen LogP contribution in [0.2, 0.25) is 0 Å². The monoisotopic (exact) mass is 230 g/mol. The topological polar surface area (TPSA) is 81.8 Å². The first-order chi connectivity index (χ1) is 8.36. The van der Waals surface area contributed by atoms with E-state index in [9.17, 15) is 0 Å². The van der Waals surface area contributed by atoms with Crippen LogP contribution in [0.4, 0.5) is 0 Å². The van der Waals surface area contributed by atoms with Gasteiger partial charge in [0.15, 0.2) is 0 Å². The van der Waals surface area contributed by atoms with Gasteiger partial charge < -0.3 is 4.74 Å². The minimum Gasteiger partial charge on any atom is -0.494 e. The van der Waals surface area contributed by atoms with Crippen LogP contribution in [0, 0.1) is 11.3 Å². The van der Waals surface area contributed by atoms with Crippen LogP contribution in [0.3, 0.4) is 0 Å². The van der Waals surface area contributed by atoms with Crippen LogP contribution in [-0.4, -0.2) is 13.2 Å². The molecule has 0 radical (unpaired) electrons. The molecule has 5 heteroatoms. The Bertz CT molecular complexity index is 415. The van der Waals surface area contributed by atoms with E-state index in [1.807, 2.05) is 0 Å². The molecule has 0 saturated carbocycles. The summed E-state index contributed by atoms with van der Waals surface area (Å²) in [6, 6.07) is 9.10. The third kappa shape index (κ3) is 5.45. The zero-order valence-electron chi connectivity index (χ0n) is 9.54. The lowest BCUT2D eigenvalue weighted by atomic mass is 10.2. The predicted octanol–water partition coefficient (Wildman–Crippen LogP) is 3.42. The Kier molecular flexibility index (Phi) is 6.09. The van der Waals surface area contributed by atoms with Gasteiger partial charge in [-0.15, -0.1) is 0 Å². The van der Waals surface area contributed by atoms with E-state index >= 15 is 0 Å². The van der Waals surface area contributed by atoms with Crippen LogP contribution >= 0.6 is 0 Å². The largest absolute Gasteiger partial charge is 0.494 e. The second-order valence-electron chi connectivity index (χ2n) is 3.50. The fraction of sp³-hybridized carbons (Fsp3) is 0.417. The van der Waals surface area contributed by atoms with Gasteiger partial charge in [-0.25, -0.2) is 0 Å². The summed E-state index contributed by atoms with van der Waals surface area (Å²) >= 11 is 0. The summed E-state index contributed by atoms with van der Waals surface area (Å²) in [5.41, 5.74) is 8.70. The molecule has 0 unspecified atom stereocenters. The van der Waals surface area contributed by atoms with Gasteiger partial charge in [0, 0.05) is 11.5 Å². The highest BCUT2D eigenvalue weighted by Crippen LogP contribution is 2.12. The third-order valence-corrected chi connectivity index (χ3v) is 2.22. The van der Waals surface area contributed by atoms with Crippen LogP contribution in [0.1, 0.15) is 24.8 Å². The smallest absolute Gasteiger partial charge is 0.119 e. The fourth-order valence-corrected chi connectivity index (χ4v) is 1.32. The van der Waals surface area contributed by atoms with Gasteiger partial charge in [-0.2, -0.15) is 5.26 Å². The van der Waals surface area contributed by atoms with E-state index in [2.05, 4.69) is 16.1 Å². The summed E-state index contributed by atoms with van der Waals surface area (Å²) in [4.78, 5) is 2.68. The first-order valence-corrected chi connectivity index (χ1v) is 5.50. The molecular weight excluding hydrogens is 216 g/mol. The van der Waals surface area contributed by atoms with Crippen molar-refractivity contribution in [2.45, 2.75) is 19.3 Å². The Morgan fingerprint density at radius 2 is 2.00 bits per heavy atom. The van der Waals surface area contributed by atoms with Gasteiger partial charge >= 0.3 is 0 Å². The van der Waals surface area contributed by atoms with E-state index in [-0.39, 0.29) is 0 Å². The summed E-state index contributed by atoms with van der Waals surface area (Å²) in [7, 11) is 0. The number of ether oxygens (including phenoxy) is 1. The summed E-state index contributed by atoms with van der Waals surface area (Å²) in [5, 5.41) is 12.1. The lowest BCUT2D eigenvalue weighted by Gasteiger charge is -2.05. The van der Waals surface area contributed by atoms with Crippen molar-refractivity contribution in [3.63, 3.8) is 0 Å². The van der Waals surface area contributed by atoms with Crippen LogP contribution in [0.25, 0.3) is 10.4 Å². The minimum absolute atomic E-state index is 0.549. The molecule has 0 atom stereocenters. The molecule has 0 aliphatic heterocycles. The van der Waals surface area contributed by atoms with Crippen molar-refractivity contribution in [2.75, 3.05) is 13.2 Å². The average Bonchev–Trinajstić information content (AvgIpc) is 2.38.